The molecule has 0 spiro atoms. The van der Waals surface area contributed by atoms with Crippen molar-refractivity contribution in [1.29, 1.82) is 0 Å². The standard InChI is InChI=1S/C13H12N2O4/c1-2-5-19-8-3-4-11-9(6-8)10(12(16)17)7-15(11)13(14)18/h2-4,6-7H,1,5H2,(H2,14,18)(H,16,17). The van der Waals surface area contributed by atoms with Crippen molar-refractivity contribution in [2.24, 2.45) is 5.73 Å². The fraction of sp³-hybridized carbons (Fsp3) is 0.0769. The van der Waals surface area contributed by atoms with Crippen molar-refractivity contribution in [3.05, 3.63) is 42.6 Å². The second-order valence-corrected chi connectivity index (χ2v) is 3.83. The van der Waals surface area contributed by atoms with E-state index in [1.807, 2.05) is 0 Å². The quantitative estimate of drug-likeness (QED) is 0.820. The van der Waals surface area contributed by atoms with E-state index < -0.39 is 12.0 Å². The van der Waals surface area contributed by atoms with Crippen LogP contribution in [-0.2, 0) is 0 Å². The van der Waals surface area contributed by atoms with Crippen molar-refractivity contribution in [2.45, 2.75) is 0 Å². The number of carbonyl (C=O) groups is 2. The van der Waals surface area contributed by atoms with Crippen LogP contribution in [0.1, 0.15) is 10.4 Å². The van der Waals surface area contributed by atoms with Crippen LogP contribution in [0.5, 0.6) is 5.75 Å². The van der Waals surface area contributed by atoms with Crippen LogP contribution in [0.15, 0.2) is 37.1 Å². The van der Waals surface area contributed by atoms with Gasteiger partial charge in [0.05, 0.1) is 11.1 Å². The molecule has 6 heteroatoms. The molecule has 0 radical (unpaired) electrons. The summed E-state index contributed by atoms with van der Waals surface area (Å²) in [6, 6.07) is 4.04. The molecule has 0 bridgehead atoms. The number of carbonyl (C=O) groups excluding carboxylic acids is 1. The Morgan fingerprint density at radius 3 is 2.79 bits per heavy atom. The predicted octanol–water partition coefficient (Wildman–Crippen LogP) is 1.83. The van der Waals surface area contributed by atoms with Crippen LogP contribution in [0.4, 0.5) is 4.79 Å². The van der Waals surface area contributed by atoms with Crippen molar-refractivity contribution >= 4 is 22.9 Å². The lowest BCUT2D eigenvalue weighted by Gasteiger charge is -2.04. The molecule has 1 aromatic heterocycles. The number of carboxylic acid groups (broad SMARTS) is 1. The van der Waals surface area contributed by atoms with Crippen LogP contribution in [0.3, 0.4) is 0 Å². The van der Waals surface area contributed by atoms with Gasteiger partial charge in [-0.25, -0.2) is 9.59 Å². The summed E-state index contributed by atoms with van der Waals surface area (Å²) in [6.45, 7) is 3.84. The number of benzene rings is 1. The fourth-order valence-electron chi connectivity index (χ4n) is 1.81. The Morgan fingerprint density at radius 1 is 1.47 bits per heavy atom. The Morgan fingerprint density at radius 2 is 2.21 bits per heavy atom. The number of carboxylic acids is 1. The maximum Gasteiger partial charge on any atom is 0.337 e. The molecule has 0 aliphatic heterocycles. The summed E-state index contributed by atoms with van der Waals surface area (Å²) in [6.07, 6.45) is 2.78. The third-order valence-electron chi connectivity index (χ3n) is 2.61. The van der Waals surface area contributed by atoms with Gasteiger partial charge in [0.15, 0.2) is 0 Å². The molecule has 3 N–H and O–H groups in total. The van der Waals surface area contributed by atoms with Crippen LogP contribution >= 0.6 is 0 Å². The zero-order chi connectivity index (χ0) is 14.0. The van der Waals surface area contributed by atoms with Gasteiger partial charge < -0.3 is 15.6 Å². The number of hydrogen-bond acceptors (Lipinski definition) is 3. The third kappa shape index (κ3) is 2.28. The molecule has 0 aliphatic carbocycles. The first-order chi connectivity index (χ1) is 9.04. The van der Waals surface area contributed by atoms with Gasteiger partial charge in [-0.05, 0) is 18.2 Å². The lowest BCUT2D eigenvalue weighted by Crippen LogP contribution is -2.18. The van der Waals surface area contributed by atoms with Crippen LogP contribution in [0.2, 0.25) is 0 Å². The first-order valence-electron chi connectivity index (χ1n) is 5.46. The molecule has 6 nitrogen and oxygen atoms in total. The fourth-order valence-corrected chi connectivity index (χ4v) is 1.81. The highest BCUT2D eigenvalue weighted by molar-refractivity contribution is 6.06. The van der Waals surface area contributed by atoms with Gasteiger partial charge in [0, 0.05) is 11.6 Å². The molecule has 0 atom stereocenters. The van der Waals surface area contributed by atoms with Crippen molar-refractivity contribution in [3.8, 4) is 5.75 Å². The van der Waals surface area contributed by atoms with Gasteiger partial charge in [-0.15, -0.1) is 0 Å². The van der Waals surface area contributed by atoms with Crippen molar-refractivity contribution in [2.75, 3.05) is 6.61 Å². The second kappa shape index (κ2) is 4.85. The Labute approximate surface area is 108 Å². The molecule has 1 amide bonds. The van der Waals surface area contributed by atoms with Gasteiger partial charge in [-0.3, -0.25) is 4.57 Å². The lowest BCUT2D eigenvalue weighted by molar-refractivity contribution is 0.0699. The molecule has 2 rings (SSSR count). The van der Waals surface area contributed by atoms with Crippen LogP contribution in [0, 0.1) is 0 Å². The average Bonchev–Trinajstić information content (AvgIpc) is 2.75. The maximum absolute atomic E-state index is 11.3. The Balaban J connectivity index is 2.62. The molecule has 19 heavy (non-hydrogen) atoms. The van der Waals surface area contributed by atoms with E-state index in [9.17, 15) is 9.59 Å². The molecule has 0 aliphatic rings. The third-order valence-corrected chi connectivity index (χ3v) is 2.61. The smallest absolute Gasteiger partial charge is 0.337 e. The summed E-state index contributed by atoms with van der Waals surface area (Å²) >= 11 is 0. The van der Waals surface area contributed by atoms with Crippen LogP contribution in [0.25, 0.3) is 10.9 Å². The van der Waals surface area contributed by atoms with E-state index in [4.69, 9.17) is 15.6 Å². The number of aromatic nitrogens is 1. The van der Waals surface area contributed by atoms with E-state index in [-0.39, 0.29) is 5.56 Å². The first-order valence-corrected chi connectivity index (χ1v) is 5.46. The van der Waals surface area contributed by atoms with E-state index in [0.29, 0.717) is 23.3 Å². The number of nitrogens with two attached hydrogens (primary N) is 1. The number of ether oxygens (including phenoxy) is 1. The minimum atomic E-state index is -1.13. The van der Waals surface area contributed by atoms with E-state index in [1.54, 1.807) is 24.3 Å². The van der Waals surface area contributed by atoms with Crippen LogP contribution < -0.4 is 10.5 Å². The normalized spacial score (nSPS) is 10.3. The van der Waals surface area contributed by atoms with Gasteiger partial charge in [-0.1, -0.05) is 12.7 Å². The SMILES string of the molecule is C=CCOc1ccc2c(c1)c(C(=O)O)cn2C(N)=O. The largest absolute Gasteiger partial charge is 0.490 e. The molecule has 0 saturated heterocycles. The minimum Gasteiger partial charge on any atom is -0.490 e. The molecule has 0 saturated carbocycles. The Hall–Kier alpha value is -2.76. The highest BCUT2D eigenvalue weighted by Gasteiger charge is 2.17. The number of hydrogen-bond donors (Lipinski definition) is 2. The van der Waals surface area contributed by atoms with Gasteiger partial charge >= 0.3 is 12.0 Å². The molecular formula is C13H12N2O4. The van der Waals surface area contributed by atoms with Gasteiger partial charge in [0.2, 0.25) is 0 Å². The molecule has 1 heterocycles. The summed E-state index contributed by atoms with van der Waals surface area (Å²) in [5, 5.41) is 9.52. The topological polar surface area (TPSA) is 94.6 Å². The zero-order valence-corrected chi connectivity index (χ0v) is 10.00. The Kier molecular flexibility index (Phi) is 3.24. The Bertz CT molecular complexity index is 673. The lowest BCUT2D eigenvalue weighted by atomic mass is 10.1. The predicted molar refractivity (Wildman–Crippen MR) is 69.6 cm³/mol. The van der Waals surface area contributed by atoms with Gasteiger partial charge in [-0.2, -0.15) is 0 Å². The summed E-state index contributed by atoms with van der Waals surface area (Å²) in [4.78, 5) is 22.4. The van der Waals surface area contributed by atoms with Crippen molar-refractivity contribution in [3.63, 3.8) is 0 Å². The number of primary amides is 1. The van der Waals surface area contributed by atoms with E-state index in [0.717, 1.165) is 4.57 Å². The summed E-state index contributed by atoms with van der Waals surface area (Å²) in [5.41, 5.74) is 5.62. The number of nitrogens with zero attached hydrogens (tertiary/aromatic N) is 1. The number of fused-ring (bicyclic) bond motifs is 1. The molecule has 1 aromatic carbocycles. The maximum atomic E-state index is 11.3. The molecule has 0 fully saturated rings. The van der Waals surface area contributed by atoms with Gasteiger partial charge in [0.1, 0.15) is 12.4 Å². The second-order valence-electron chi connectivity index (χ2n) is 3.83. The van der Waals surface area contributed by atoms with Gasteiger partial charge in [0.25, 0.3) is 0 Å². The van der Waals surface area contributed by atoms with E-state index in [2.05, 4.69) is 6.58 Å². The zero-order valence-electron chi connectivity index (χ0n) is 10.00. The first kappa shape index (κ1) is 12.7. The van der Waals surface area contributed by atoms with Crippen molar-refractivity contribution in [1.82, 2.24) is 4.57 Å². The summed E-state index contributed by atoms with van der Waals surface area (Å²) in [5.74, 6) is -0.636. The highest BCUT2D eigenvalue weighted by Crippen LogP contribution is 2.26. The summed E-state index contributed by atoms with van der Waals surface area (Å²) < 4.78 is 6.42. The highest BCUT2D eigenvalue weighted by atomic mass is 16.5. The molecule has 98 valence electrons. The number of amides is 1. The van der Waals surface area contributed by atoms with E-state index >= 15 is 0 Å². The van der Waals surface area contributed by atoms with Crippen molar-refractivity contribution < 1.29 is 19.4 Å². The number of rotatable bonds is 4. The summed E-state index contributed by atoms with van der Waals surface area (Å²) in [7, 11) is 0. The average molecular weight is 260 g/mol. The molecule has 2 aromatic rings. The number of aromatic carboxylic acids is 1. The minimum absolute atomic E-state index is 0.00199. The van der Waals surface area contributed by atoms with E-state index in [1.165, 1.54) is 6.20 Å². The molecular weight excluding hydrogens is 248 g/mol. The monoisotopic (exact) mass is 260 g/mol. The molecule has 0 unspecified atom stereocenters. The van der Waals surface area contributed by atoms with Crippen LogP contribution in [-0.4, -0.2) is 28.3 Å².